The summed E-state index contributed by atoms with van der Waals surface area (Å²) in [6.07, 6.45) is 1.58. The maximum atomic E-state index is 12.3. The highest BCUT2D eigenvalue weighted by Crippen LogP contribution is 2.25. The van der Waals surface area contributed by atoms with Gasteiger partial charge in [-0.25, -0.2) is 4.68 Å². The van der Waals surface area contributed by atoms with E-state index in [4.69, 9.17) is 5.84 Å². The molecule has 0 saturated carbocycles. The first kappa shape index (κ1) is 18.4. The van der Waals surface area contributed by atoms with Gasteiger partial charge in [0, 0.05) is 17.7 Å². The highest BCUT2D eigenvalue weighted by molar-refractivity contribution is 7.99. The van der Waals surface area contributed by atoms with E-state index in [1.54, 1.807) is 24.3 Å². The van der Waals surface area contributed by atoms with Crippen molar-refractivity contribution in [3.8, 4) is 0 Å². The summed E-state index contributed by atoms with van der Waals surface area (Å²) in [4.78, 5) is 25.9. The minimum Gasteiger partial charge on any atom is -0.336 e. The number of aromatic nitrogens is 3. The third-order valence-electron chi connectivity index (χ3n) is 4.22. The molecule has 3 rings (SSSR count). The summed E-state index contributed by atoms with van der Waals surface area (Å²) in [5, 5.41) is 8.98. The second-order valence-electron chi connectivity index (χ2n) is 7.29. The van der Waals surface area contributed by atoms with Crippen LogP contribution in [0, 0.1) is 0 Å². The van der Waals surface area contributed by atoms with Crippen molar-refractivity contribution in [2.75, 3.05) is 18.1 Å². The number of hydrogen-bond donors (Lipinski definition) is 1. The van der Waals surface area contributed by atoms with E-state index in [0.29, 0.717) is 22.8 Å². The Morgan fingerprint density at radius 1 is 1.04 bits per heavy atom. The molecule has 0 radical (unpaired) electrons. The molecular formula is C18H23N5O2S. The third kappa shape index (κ3) is 3.46. The Balaban J connectivity index is 1.48. The fourth-order valence-corrected chi connectivity index (χ4v) is 3.72. The number of carbonyl (C=O) groups excluding carboxylic acids is 2. The third-order valence-corrected chi connectivity index (χ3v) is 5.25. The van der Waals surface area contributed by atoms with Crippen molar-refractivity contribution in [2.45, 2.75) is 44.2 Å². The predicted molar refractivity (Wildman–Crippen MR) is 101 cm³/mol. The Morgan fingerprint density at radius 3 is 2.19 bits per heavy atom. The van der Waals surface area contributed by atoms with E-state index >= 15 is 0 Å². The molecule has 1 aliphatic rings. The molecule has 8 heteroatoms. The van der Waals surface area contributed by atoms with Gasteiger partial charge in [-0.2, -0.15) is 0 Å². The van der Waals surface area contributed by atoms with E-state index < -0.39 is 0 Å². The molecule has 0 bridgehead atoms. The van der Waals surface area contributed by atoms with Gasteiger partial charge in [-0.05, 0) is 25.0 Å². The van der Waals surface area contributed by atoms with Crippen LogP contribution in [0.5, 0.6) is 0 Å². The van der Waals surface area contributed by atoms with Crippen LogP contribution in [0.4, 0.5) is 0 Å². The van der Waals surface area contributed by atoms with Gasteiger partial charge >= 0.3 is 0 Å². The smallest absolute Gasteiger partial charge is 0.261 e. The number of unbranched alkanes of at least 4 members (excludes halogenated alkanes) is 1. The Labute approximate surface area is 156 Å². The predicted octanol–water partition coefficient (Wildman–Crippen LogP) is 2.46. The van der Waals surface area contributed by atoms with E-state index in [1.807, 2.05) is 20.8 Å². The van der Waals surface area contributed by atoms with Gasteiger partial charge in [0.1, 0.15) is 0 Å². The van der Waals surface area contributed by atoms with E-state index in [2.05, 4.69) is 10.2 Å². The average molecular weight is 373 g/mol. The van der Waals surface area contributed by atoms with Gasteiger partial charge in [-0.1, -0.05) is 44.7 Å². The number of amides is 2. The van der Waals surface area contributed by atoms with Crippen molar-refractivity contribution < 1.29 is 9.59 Å². The molecule has 0 atom stereocenters. The first-order valence-corrected chi connectivity index (χ1v) is 9.58. The Kier molecular flexibility index (Phi) is 5.04. The van der Waals surface area contributed by atoms with Crippen molar-refractivity contribution in [3.05, 3.63) is 41.2 Å². The molecule has 1 aliphatic heterocycles. The zero-order valence-corrected chi connectivity index (χ0v) is 16.0. The van der Waals surface area contributed by atoms with Gasteiger partial charge in [0.2, 0.25) is 5.16 Å². The Hall–Kier alpha value is -2.35. The minimum atomic E-state index is -0.199. The highest BCUT2D eigenvalue weighted by atomic mass is 32.2. The van der Waals surface area contributed by atoms with E-state index in [9.17, 15) is 9.59 Å². The Morgan fingerprint density at radius 2 is 1.65 bits per heavy atom. The molecule has 0 aliphatic carbocycles. The summed E-state index contributed by atoms with van der Waals surface area (Å²) in [6.45, 7) is 6.54. The molecule has 1 aromatic carbocycles. The van der Waals surface area contributed by atoms with Crippen LogP contribution in [0.15, 0.2) is 29.4 Å². The zero-order valence-electron chi connectivity index (χ0n) is 15.2. The quantitative estimate of drug-likeness (QED) is 0.362. The maximum absolute atomic E-state index is 12.3. The summed E-state index contributed by atoms with van der Waals surface area (Å²) in [7, 11) is 0. The molecule has 2 heterocycles. The van der Waals surface area contributed by atoms with Crippen molar-refractivity contribution in [1.82, 2.24) is 19.8 Å². The molecule has 0 spiro atoms. The van der Waals surface area contributed by atoms with Crippen molar-refractivity contribution >= 4 is 23.6 Å². The van der Waals surface area contributed by atoms with Crippen molar-refractivity contribution in [3.63, 3.8) is 0 Å². The van der Waals surface area contributed by atoms with Gasteiger partial charge < -0.3 is 5.84 Å². The largest absolute Gasteiger partial charge is 0.336 e. The number of rotatable bonds is 6. The highest BCUT2D eigenvalue weighted by Gasteiger charge is 2.34. The van der Waals surface area contributed by atoms with Crippen LogP contribution in [0.3, 0.4) is 0 Å². The summed E-state index contributed by atoms with van der Waals surface area (Å²) in [5.74, 6) is 7.20. The topological polar surface area (TPSA) is 94.1 Å². The number of thioether (sulfide) groups is 1. The lowest BCUT2D eigenvalue weighted by Gasteiger charge is -2.16. The van der Waals surface area contributed by atoms with E-state index in [-0.39, 0.29) is 17.2 Å². The van der Waals surface area contributed by atoms with Crippen LogP contribution in [0.2, 0.25) is 0 Å². The van der Waals surface area contributed by atoms with Crippen LogP contribution in [0.1, 0.15) is 60.2 Å². The molecule has 138 valence electrons. The van der Waals surface area contributed by atoms with Crippen LogP contribution in [-0.2, 0) is 5.41 Å². The lowest BCUT2D eigenvalue weighted by Crippen LogP contribution is -2.30. The van der Waals surface area contributed by atoms with E-state index in [1.165, 1.54) is 21.3 Å². The number of imide groups is 1. The molecule has 2 amide bonds. The molecular weight excluding hydrogens is 350 g/mol. The fourth-order valence-electron chi connectivity index (χ4n) is 2.86. The average Bonchev–Trinajstić information content (AvgIpc) is 3.08. The van der Waals surface area contributed by atoms with Crippen LogP contribution in [-0.4, -0.2) is 43.9 Å². The molecule has 2 N–H and O–H groups in total. The van der Waals surface area contributed by atoms with Gasteiger partial charge in [0.25, 0.3) is 11.8 Å². The summed E-state index contributed by atoms with van der Waals surface area (Å²) >= 11 is 1.53. The van der Waals surface area contributed by atoms with Gasteiger partial charge in [-0.3, -0.25) is 14.5 Å². The molecule has 1 aromatic heterocycles. The minimum absolute atomic E-state index is 0.161. The summed E-state index contributed by atoms with van der Waals surface area (Å²) < 4.78 is 1.54. The molecule has 2 aromatic rings. The SMILES string of the molecule is CC(C)(C)c1nnc(SCCCCN2C(=O)c3ccccc3C2=O)n1N. The first-order chi connectivity index (χ1) is 12.3. The van der Waals surface area contributed by atoms with Gasteiger partial charge in [-0.15, -0.1) is 10.2 Å². The molecule has 0 unspecified atom stereocenters. The summed E-state index contributed by atoms with van der Waals surface area (Å²) in [5.41, 5.74) is 0.835. The number of nitrogens with two attached hydrogens (primary N) is 1. The second-order valence-corrected chi connectivity index (χ2v) is 8.35. The number of fused-ring (bicyclic) bond motifs is 1. The zero-order chi connectivity index (χ0) is 18.9. The van der Waals surface area contributed by atoms with E-state index in [0.717, 1.165) is 24.4 Å². The standard InChI is InChI=1S/C18H23N5O2S/c1-18(2,3)16-20-21-17(23(16)19)26-11-7-6-10-22-14(24)12-8-4-5-9-13(12)15(22)25/h4-5,8-9H,6-7,10-11,19H2,1-3H3. The van der Waals surface area contributed by atoms with Gasteiger partial charge in [0.15, 0.2) is 5.82 Å². The van der Waals surface area contributed by atoms with Gasteiger partial charge in [0.05, 0.1) is 11.1 Å². The first-order valence-electron chi connectivity index (χ1n) is 8.59. The number of hydrogen-bond acceptors (Lipinski definition) is 6. The van der Waals surface area contributed by atoms with Crippen LogP contribution >= 0.6 is 11.8 Å². The van der Waals surface area contributed by atoms with Crippen molar-refractivity contribution in [1.29, 1.82) is 0 Å². The number of nitrogens with zero attached hydrogens (tertiary/aromatic N) is 4. The number of benzene rings is 1. The monoisotopic (exact) mass is 373 g/mol. The van der Waals surface area contributed by atoms with Crippen LogP contribution < -0.4 is 5.84 Å². The number of nitrogen functional groups attached to an aromatic ring is 1. The van der Waals surface area contributed by atoms with Crippen molar-refractivity contribution in [2.24, 2.45) is 0 Å². The molecule has 0 saturated heterocycles. The lowest BCUT2D eigenvalue weighted by atomic mass is 9.96. The lowest BCUT2D eigenvalue weighted by molar-refractivity contribution is 0.0652. The molecule has 7 nitrogen and oxygen atoms in total. The van der Waals surface area contributed by atoms with Crippen LogP contribution in [0.25, 0.3) is 0 Å². The number of carbonyl (C=O) groups is 2. The maximum Gasteiger partial charge on any atom is 0.261 e. The molecule has 0 fully saturated rings. The second kappa shape index (κ2) is 7.11. The molecule has 26 heavy (non-hydrogen) atoms. The normalized spacial score (nSPS) is 14.2. The fraction of sp³-hybridized carbons (Fsp3) is 0.444. The Bertz CT molecular complexity index is 805. The summed E-state index contributed by atoms with van der Waals surface area (Å²) in [6, 6.07) is 6.95.